The van der Waals surface area contributed by atoms with E-state index in [1.807, 2.05) is 36.1 Å². The second kappa shape index (κ2) is 9.34. The van der Waals surface area contributed by atoms with E-state index in [1.54, 1.807) is 24.3 Å². The van der Waals surface area contributed by atoms with Gasteiger partial charge in [-0.05, 0) is 42.7 Å². The van der Waals surface area contributed by atoms with Crippen LogP contribution in [0.4, 0.5) is 5.69 Å². The molecule has 1 heterocycles. The fourth-order valence-corrected chi connectivity index (χ4v) is 3.50. The summed E-state index contributed by atoms with van der Waals surface area (Å²) in [6.07, 6.45) is 0.503. The van der Waals surface area contributed by atoms with Crippen LogP contribution < -0.4 is 10.6 Å². The minimum atomic E-state index is -0.512. The van der Waals surface area contributed by atoms with E-state index in [0.717, 1.165) is 11.1 Å². The van der Waals surface area contributed by atoms with Gasteiger partial charge in [0.05, 0.1) is 13.7 Å². The van der Waals surface area contributed by atoms with E-state index in [9.17, 15) is 14.4 Å². The molecule has 0 fully saturated rings. The van der Waals surface area contributed by atoms with E-state index in [1.165, 1.54) is 7.11 Å². The van der Waals surface area contributed by atoms with Crippen molar-refractivity contribution in [3.05, 3.63) is 65.2 Å². The summed E-state index contributed by atoms with van der Waals surface area (Å²) < 4.78 is 4.94. The summed E-state index contributed by atoms with van der Waals surface area (Å²) >= 11 is 0. The Balaban J connectivity index is 1.71. The maximum absolute atomic E-state index is 12.7. The predicted molar refractivity (Wildman–Crippen MR) is 109 cm³/mol. The lowest BCUT2D eigenvalue weighted by Gasteiger charge is -2.34. The number of benzene rings is 2. The molecule has 2 amide bonds. The molecule has 7 heteroatoms. The Morgan fingerprint density at radius 3 is 2.59 bits per heavy atom. The van der Waals surface area contributed by atoms with E-state index in [4.69, 9.17) is 4.74 Å². The summed E-state index contributed by atoms with van der Waals surface area (Å²) in [6.45, 7) is 2.90. The van der Waals surface area contributed by atoms with Crippen LogP contribution in [0.15, 0.2) is 48.5 Å². The van der Waals surface area contributed by atoms with Crippen LogP contribution >= 0.6 is 0 Å². The minimum absolute atomic E-state index is 0.0412. The average Bonchev–Trinajstić information content (AvgIpc) is 2.73. The first kappa shape index (κ1) is 20.5. The number of nitrogens with one attached hydrogen (secondary N) is 2. The molecule has 0 unspecified atom stereocenters. The first-order valence-electron chi connectivity index (χ1n) is 9.58. The zero-order valence-electron chi connectivity index (χ0n) is 16.6. The molecule has 0 spiro atoms. The molecule has 2 N–H and O–H groups in total. The van der Waals surface area contributed by atoms with Gasteiger partial charge in [0, 0.05) is 24.3 Å². The number of fused-ring (bicyclic) bond motifs is 1. The molecule has 0 radical (unpaired) electrons. The topological polar surface area (TPSA) is 87.7 Å². The molecule has 1 aliphatic rings. The van der Waals surface area contributed by atoms with Crippen molar-refractivity contribution in [2.75, 3.05) is 25.5 Å². The van der Waals surface area contributed by atoms with Crippen molar-refractivity contribution in [1.29, 1.82) is 0 Å². The fraction of sp³-hybridized carbons (Fsp3) is 0.318. The second-order valence-electron chi connectivity index (χ2n) is 6.91. The number of ether oxygens (including phenoxy) is 1. The van der Waals surface area contributed by atoms with Gasteiger partial charge in [-0.25, -0.2) is 0 Å². The van der Waals surface area contributed by atoms with Crippen LogP contribution in [0.1, 0.15) is 28.4 Å². The molecule has 2 aromatic rings. The molecule has 0 aromatic heterocycles. The van der Waals surface area contributed by atoms with Gasteiger partial charge in [0.1, 0.15) is 6.04 Å². The lowest BCUT2D eigenvalue weighted by Crippen LogP contribution is -2.49. The highest BCUT2D eigenvalue weighted by Crippen LogP contribution is 2.24. The largest absolute Gasteiger partial charge is 0.468 e. The van der Waals surface area contributed by atoms with Gasteiger partial charge in [0.2, 0.25) is 5.91 Å². The van der Waals surface area contributed by atoms with Gasteiger partial charge in [-0.15, -0.1) is 0 Å². The Hall–Kier alpha value is -3.19. The first-order chi connectivity index (χ1) is 14.0. The van der Waals surface area contributed by atoms with Gasteiger partial charge in [-0.1, -0.05) is 30.3 Å². The molecular formula is C22H25N3O4. The molecule has 2 aromatic carbocycles. The number of nitrogens with zero attached hydrogens (tertiary/aromatic N) is 1. The monoisotopic (exact) mass is 395 g/mol. The number of carbonyl (C=O) groups is 3. The van der Waals surface area contributed by atoms with E-state index < -0.39 is 6.04 Å². The van der Waals surface area contributed by atoms with Gasteiger partial charge in [0.25, 0.3) is 5.91 Å². The number of hydrogen-bond acceptors (Lipinski definition) is 5. The number of amides is 2. The smallest absolute Gasteiger partial charge is 0.323 e. The Morgan fingerprint density at radius 2 is 1.86 bits per heavy atom. The third kappa shape index (κ3) is 5.00. The molecule has 3 rings (SSSR count). The van der Waals surface area contributed by atoms with Crippen molar-refractivity contribution in [2.45, 2.75) is 25.9 Å². The molecule has 0 saturated carbocycles. The second-order valence-corrected chi connectivity index (χ2v) is 6.91. The molecule has 0 saturated heterocycles. The molecule has 0 bridgehead atoms. The van der Waals surface area contributed by atoms with E-state index in [-0.39, 0.29) is 24.3 Å². The zero-order valence-corrected chi connectivity index (χ0v) is 16.6. The van der Waals surface area contributed by atoms with Gasteiger partial charge < -0.3 is 15.4 Å². The lowest BCUT2D eigenvalue weighted by molar-refractivity contribution is -0.148. The summed E-state index contributed by atoms with van der Waals surface area (Å²) in [7, 11) is 1.36. The van der Waals surface area contributed by atoms with Gasteiger partial charge in [-0.3, -0.25) is 19.3 Å². The summed E-state index contributed by atoms with van der Waals surface area (Å²) in [4.78, 5) is 38.7. The highest BCUT2D eigenvalue weighted by Gasteiger charge is 2.33. The van der Waals surface area contributed by atoms with Crippen LogP contribution in [0.25, 0.3) is 0 Å². The lowest BCUT2D eigenvalue weighted by atomic mass is 9.94. The van der Waals surface area contributed by atoms with Gasteiger partial charge in [0.15, 0.2) is 0 Å². The maximum atomic E-state index is 12.7. The van der Waals surface area contributed by atoms with Gasteiger partial charge in [-0.2, -0.15) is 0 Å². The number of methoxy groups -OCH3 is 1. The molecule has 0 aliphatic carbocycles. The Morgan fingerprint density at radius 1 is 1.10 bits per heavy atom. The van der Waals surface area contributed by atoms with Crippen molar-refractivity contribution < 1.29 is 19.1 Å². The summed E-state index contributed by atoms with van der Waals surface area (Å²) in [5.41, 5.74) is 3.20. The summed E-state index contributed by atoms with van der Waals surface area (Å²) in [5, 5.41) is 5.55. The van der Waals surface area contributed by atoms with E-state index in [2.05, 4.69) is 10.6 Å². The number of esters is 1. The summed E-state index contributed by atoms with van der Waals surface area (Å²) in [6, 6.07) is 14.1. The number of rotatable bonds is 6. The van der Waals surface area contributed by atoms with E-state index in [0.29, 0.717) is 30.8 Å². The van der Waals surface area contributed by atoms with Gasteiger partial charge >= 0.3 is 5.97 Å². The van der Waals surface area contributed by atoms with E-state index >= 15 is 0 Å². The van der Waals surface area contributed by atoms with Crippen molar-refractivity contribution in [3.63, 3.8) is 0 Å². The Kier molecular flexibility index (Phi) is 6.61. The Labute approximate surface area is 170 Å². The van der Waals surface area contributed by atoms with Crippen LogP contribution in [0.3, 0.4) is 0 Å². The third-order valence-electron chi connectivity index (χ3n) is 4.91. The highest BCUT2D eigenvalue weighted by molar-refractivity contribution is 5.97. The van der Waals surface area contributed by atoms with Crippen molar-refractivity contribution in [2.24, 2.45) is 0 Å². The molecule has 29 heavy (non-hydrogen) atoms. The minimum Gasteiger partial charge on any atom is -0.468 e. The van der Waals surface area contributed by atoms with Crippen molar-refractivity contribution >= 4 is 23.5 Å². The van der Waals surface area contributed by atoms with Crippen LogP contribution in [0, 0.1) is 0 Å². The van der Waals surface area contributed by atoms with Crippen LogP contribution in [-0.4, -0.2) is 48.9 Å². The molecule has 152 valence electrons. The summed E-state index contributed by atoms with van der Waals surface area (Å²) in [5.74, 6) is -0.807. The van der Waals surface area contributed by atoms with Crippen molar-refractivity contribution in [1.82, 2.24) is 10.2 Å². The Bertz CT molecular complexity index is 912. The SMILES string of the molecule is CCNC(=O)c1cccc(NC(=O)CN2Cc3ccccc3C[C@H]2C(=O)OC)c1. The number of hydrogen-bond donors (Lipinski definition) is 2. The molecule has 1 atom stereocenters. The van der Waals surface area contributed by atoms with Crippen LogP contribution in [-0.2, 0) is 27.3 Å². The third-order valence-corrected chi connectivity index (χ3v) is 4.91. The standard InChI is InChI=1S/C22H25N3O4/c1-3-23-21(27)16-9-6-10-18(11-16)24-20(26)14-25-13-17-8-5-4-7-15(17)12-19(25)22(28)29-2/h4-11,19H,3,12-14H2,1-2H3,(H,23,27)(H,24,26)/t19-/m0/s1. The first-order valence-corrected chi connectivity index (χ1v) is 9.58. The van der Waals surface area contributed by atoms with Crippen LogP contribution in [0.5, 0.6) is 0 Å². The molecule has 7 nitrogen and oxygen atoms in total. The van der Waals surface area contributed by atoms with Crippen molar-refractivity contribution in [3.8, 4) is 0 Å². The zero-order chi connectivity index (χ0) is 20.8. The number of carbonyl (C=O) groups excluding carboxylic acids is 3. The molecular weight excluding hydrogens is 370 g/mol. The highest BCUT2D eigenvalue weighted by atomic mass is 16.5. The number of anilines is 1. The fourth-order valence-electron chi connectivity index (χ4n) is 3.50. The van der Waals surface area contributed by atoms with Crippen LogP contribution in [0.2, 0.25) is 0 Å². The molecule has 1 aliphatic heterocycles. The predicted octanol–water partition coefficient (Wildman–Crippen LogP) is 1.97. The quantitative estimate of drug-likeness (QED) is 0.731. The maximum Gasteiger partial charge on any atom is 0.323 e. The normalized spacial score (nSPS) is 15.9. The average molecular weight is 395 g/mol.